The SMILES string of the molecule is Cc1nnnn1C(CC(=O)O)C(C)(C)C. The highest BCUT2D eigenvalue weighted by Gasteiger charge is 2.30. The van der Waals surface area contributed by atoms with E-state index >= 15 is 0 Å². The van der Waals surface area contributed by atoms with Crippen molar-refractivity contribution in [1.29, 1.82) is 0 Å². The van der Waals surface area contributed by atoms with Crippen molar-refractivity contribution in [2.75, 3.05) is 0 Å². The van der Waals surface area contributed by atoms with E-state index in [0.717, 1.165) is 0 Å². The number of aliphatic carboxylic acids is 1. The van der Waals surface area contributed by atoms with Crippen LogP contribution in [0.15, 0.2) is 0 Å². The van der Waals surface area contributed by atoms with Gasteiger partial charge in [0, 0.05) is 0 Å². The molecule has 0 bridgehead atoms. The van der Waals surface area contributed by atoms with Gasteiger partial charge in [-0.25, -0.2) is 4.68 Å². The first kappa shape index (κ1) is 11.6. The van der Waals surface area contributed by atoms with Crippen molar-refractivity contribution >= 4 is 5.97 Å². The Morgan fingerprint density at radius 1 is 1.53 bits per heavy atom. The minimum atomic E-state index is -0.843. The second-order valence-electron chi connectivity index (χ2n) is 4.65. The number of aromatic nitrogens is 4. The summed E-state index contributed by atoms with van der Waals surface area (Å²) >= 11 is 0. The van der Waals surface area contributed by atoms with E-state index in [4.69, 9.17) is 5.11 Å². The lowest BCUT2D eigenvalue weighted by atomic mass is 9.85. The van der Waals surface area contributed by atoms with Crippen LogP contribution in [0.3, 0.4) is 0 Å². The molecular weight excluding hydrogens is 196 g/mol. The average Bonchev–Trinajstić information content (AvgIpc) is 2.45. The molecule has 84 valence electrons. The quantitative estimate of drug-likeness (QED) is 0.809. The normalized spacial score (nSPS) is 13.9. The van der Waals surface area contributed by atoms with Crippen LogP contribution in [0, 0.1) is 12.3 Å². The average molecular weight is 212 g/mol. The van der Waals surface area contributed by atoms with E-state index in [1.54, 1.807) is 11.6 Å². The first-order valence-electron chi connectivity index (χ1n) is 4.78. The zero-order valence-corrected chi connectivity index (χ0v) is 9.43. The van der Waals surface area contributed by atoms with Crippen LogP contribution in [-0.4, -0.2) is 31.3 Å². The standard InChI is InChI=1S/C9H16N4O2/c1-6-10-11-12-13(6)7(5-8(14)15)9(2,3)4/h7H,5H2,1-4H3,(H,14,15). The van der Waals surface area contributed by atoms with Crippen molar-refractivity contribution in [2.45, 2.75) is 40.2 Å². The molecule has 1 atom stereocenters. The highest BCUT2D eigenvalue weighted by atomic mass is 16.4. The summed E-state index contributed by atoms with van der Waals surface area (Å²) in [5.74, 6) is -0.207. The topological polar surface area (TPSA) is 80.9 Å². The summed E-state index contributed by atoms with van der Waals surface area (Å²) in [6.45, 7) is 7.69. The van der Waals surface area contributed by atoms with Crippen LogP contribution in [-0.2, 0) is 4.79 Å². The van der Waals surface area contributed by atoms with Crippen molar-refractivity contribution in [1.82, 2.24) is 20.2 Å². The molecule has 1 unspecified atom stereocenters. The fraction of sp³-hybridized carbons (Fsp3) is 0.778. The molecular formula is C9H16N4O2. The Morgan fingerprint density at radius 2 is 2.13 bits per heavy atom. The monoisotopic (exact) mass is 212 g/mol. The van der Waals surface area contributed by atoms with E-state index in [-0.39, 0.29) is 17.9 Å². The Morgan fingerprint density at radius 3 is 2.47 bits per heavy atom. The van der Waals surface area contributed by atoms with Gasteiger partial charge in [-0.1, -0.05) is 20.8 Å². The van der Waals surface area contributed by atoms with E-state index in [9.17, 15) is 4.79 Å². The minimum absolute atomic E-state index is 0.0232. The predicted molar refractivity (Wildman–Crippen MR) is 53.3 cm³/mol. The number of carboxylic acid groups (broad SMARTS) is 1. The molecule has 0 aliphatic rings. The van der Waals surface area contributed by atoms with Gasteiger partial charge >= 0.3 is 5.97 Å². The molecule has 0 spiro atoms. The highest BCUT2D eigenvalue weighted by molar-refractivity contribution is 5.67. The molecule has 0 aromatic carbocycles. The molecule has 0 saturated heterocycles. The number of aryl methyl sites for hydroxylation is 1. The van der Waals surface area contributed by atoms with Gasteiger partial charge < -0.3 is 5.11 Å². The Balaban J connectivity index is 3.02. The van der Waals surface area contributed by atoms with Crippen LogP contribution in [0.2, 0.25) is 0 Å². The van der Waals surface area contributed by atoms with Crippen molar-refractivity contribution in [2.24, 2.45) is 5.41 Å². The Labute approximate surface area is 88.3 Å². The maximum absolute atomic E-state index is 10.8. The van der Waals surface area contributed by atoms with E-state index < -0.39 is 5.97 Å². The number of nitrogens with zero attached hydrogens (tertiary/aromatic N) is 4. The lowest BCUT2D eigenvalue weighted by Crippen LogP contribution is -2.28. The largest absolute Gasteiger partial charge is 0.481 e. The second kappa shape index (κ2) is 3.96. The van der Waals surface area contributed by atoms with E-state index in [1.807, 2.05) is 20.8 Å². The van der Waals surface area contributed by atoms with Gasteiger partial charge in [-0.05, 0) is 22.8 Å². The number of rotatable bonds is 3. The van der Waals surface area contributed by atoms with E-state index in [2.05, 4.69) is 15.5 Å². The van der Waals surface area contributed by atoms with Crippen LogP contribution < -0.4 is 0 Å². The second-order valence-corrected chi connectivity index (χ2v) is 4.65. The molecule has 0 aliphatic heterocycles. The van der Waals surface area contributed by atoms with Crippen molar-refractivity contribution in [3.05, 3.63) is 5.82 Å². The molecule has 0 saturated carbocycles. The molecule has 0 radical (unpaired) electrons. The first-order chi connectivity index (χ1) is 6.82. The maximum atomic E-state index is 10.8. The lowest BCUT2D eigenvalue weighted by Gasteiger charge is -2.29. The van der Waals surface area contributed by atoms with E-state index in [0.29, 0.717) is 5.82 Å². The van der Waals surface area contributed by atoms with Gasteiger partial charge in [0.25, 0.3) is 0 Å². The van der Waals surface area contributed by atoms with Crippen LogP contribution in [0.4, 0.5) is 0 Å². The predicted octanol–water partition coefficient (Wildman–Crippen LogP) is 1.04. The zero-order valence-electron chi connectivity index (χ0n) is 9.43. The lowest BCUT2D eigenvalue weighted by molar-refractivity contribution is -0.138. The first-order valence-corrected chi connectivity index (χ1v) is 4.78. The fourth-order valence-corrected chi connectivity index (χ4v) is 1.45. The fourth-order valence-electron chi connectivity index (χ4n) is 1.45. The van der Waals surface area contributed by atoms with Gasteiger partial charge in [0.15, 0.2) is 0 Å². The van der Waals surface area contributed by atoms with Gasteiger partial charge in [0.1, 0.15) is 5.82 Å². The number of carboxylic acids is 1. The van der Waals surface area contributed by atoms with Gasteiger partial charge in [0.05, 0.1) is 12.5 Å². The van der Waals surface area contributed by atoms with Crippen molar-refractivity contribution in [3.63, 3.8) is 0 Å². The third-order valence-electron chi connectivity index (χ3n) is 2.32. The summed E-state index contributed by atoms with van der Waals surface area (Å²) in [6.07, 6.45) is 0.0232. The highest BCUT2D eigenvalue weighted by Crippen LogP contribution is 2.32. The molecule has 6 heteroatoms. The summed E-state index contributed by atoms with van der Waals surface area (Å²) in [6, 6.07) is -0.231. The number of hydrogen-bond acceptors (Lipinski definition) is 4. The molecule has 1 N–H and O–H groups in total. The molecule has 15 heavy (non-hydrogen) atoms. The van der Waals surface area contributed by atoms with Gasteiger partial charge in [-0.15, -0.1) is 5.10 Å². The molecule has 1 heterocycles. The van der Waals surface area contributed by atoms with Crippen LogP contribution in [0.1, 0.15) is 39.1 Å². The molecule has 6 nitrogen and oxygen atoms in total. The van der Waals surface area contributed by atoms with Crippen molar-refractivity contribution in [3.8, 4) is 0 Å². The van der Waals surface area contributed by atoms with Crippen molar-refractivity contribution < 1.29 is 9.90 Å². The van der Waals surface area contributed by atoms with Gasteiger partial charge in [0.2, 0.25) is 0 Å². The molecule has 0 amide bonds. The molecule has 0 aliphatic carbocycles. The smallest absolute Gasteiger partial charge is 0.305 e. The number of hydrogen-bond donors (Lipinski definition) is 1. The third kappa shape index (κ3) is 2.74. The van der Waals surface area contributed by atoms with Crippen LogP contribution in [0.5, 0.6) is 0 Å². The summed E-state index contributed by atoms with van der Waals surface area (Å²) in [4.78, 5) is 10.8. The number of carbonyl (C=O) groups is 1. The third-order valence-corrected chi connectivity index (χ3v) is 2.32. The molecule has 0 fully saturated rings. The number of tetrazole rings is 1. The maximum Gasteiger partial charge on any atom is 0.305 e. The Bertz CT molecular complexity index is 353. The summed E-state index contributed by atoms with van der Waals surface area (Å²) in [5, 5.41) is 20.0. The Hall–Kier alpha value is -1.46. The van der Waals surface area contributed by atoms with Gasteiger partial charge in [-0.3, -0.25) is 4.79 Å². The van der Waals surface area contributed by atoms with Crippen LogP contribution >= 0.6 is 0 Å². The zero-order chi connectivity index (χ0) is 11.6. The summed E-state index contributed by atoms with van der Waals surface area (Å²) in [5.41, 5.74) is -0.196. The van der Waals surface area contributed by atoms with E-state index in [1.165, 1.54) is 0 Å². The summed E-state index contributed by atoms with van der Waals surface area (Å²) in [7, 11) is 0. The minimum Gasteiger partial charge on any atom is -0.481 e. The summed E-state index contributed by atoms with van der Waals surface area (Å²) < 4.78 is 1.58. The van der Waals surface area contributed by atoms with Gasteiger partial charge in [-0.2, -0.15) is 0 Å². The molecule has 1 rings (SSSR count). The molecule has 1 aromatic heterocycles. The van der Waals surface area contributed by atoms with Crippen LogP contribution in [0.25, 0.3) is 0 Å². The molecule has 1 aromatic rings. The Kier molecular flexibility index (Phi) is 3.06.